The lowest BCUT2D eigenvalue weighted by Crippen LogP contribution is -2.50. The Bertz CT molecular complexity index is 3210. The van der Waals surface area contributed by atoms with Crippen molar-refractivity contribution in [2.24, 2.45) is 19.8 Å². The van der Waals surface area contributed by atoms with Crippen LogP contribution in [0.25, 0.3) is 67.3 Å². The van der Waals surface area contributed by atoms with Gasteiger partial charge in [-0.1, -0.05) is 0 Å². The summed E-state index contributed by atoms with van der Waals surface area (Å²) in [6.45, 7) is 13.4. The first-order valence-electron chi connectivity index (χ1n) is 23.7. The van der Waals surface area contributed by atoms with E-state index in [1.54, 1.807) is 43.8 Å². The molecule has 3 N–H and O–H groups in total. The predicted octanol–water partition coefficient (Wildman–Crippen LogP) is 8.33. The Balaban J connectivity index is 0.000000175. The van der Waals surface area contributed by atoms with Gasteiger partial charge in [-0.25, -0.2) is 14.8 Å². The van der Waals surface area contributed by atoms with Crippen LogP contribution in [0, 0.1) is 0 Å². The SMILES string of the molecule is CCn1c(-c2nc3cc(C(=O)N4CCC[C@@H](N)C4)cc(OC)c3n2C)cc2ccoc21.CCn1c(-c2nc3cc(C(=O)N4CCC[C@@H](NC(=O)OC(C)(C)C)C4)cc(OC)c3n2C)cc2ccoc21. The number of furan rings is 2. The van der Waals surface area contributed by atoms with Crippen LogP contribution in [0.4, 0.5) is 4.79 Å². The molecule has 8 heterocycles. The van der Waals surface area contributed by atoms with Crippen LogP contribution in [-0.2, 0) is 31.9 Å². The fraction of sp³-hybridized carbons (Fsp3) is 0.431. The van der Waals surface area contributed by atoms with Gasteiger partial charge in [0.05, 0.1) is 49.2 Å². The number of ether oxygens (including phenoxy) is 3. The third-order valence-electron chi connectivity index (χ3n) is 13.1. The molecule has 2 aromatic carbocycles. The van der Waals surface area contributed by atoms with Crippen molar-refractivity contribution in [1.29, 1.82) is 0 Å². The van der Waals surface area contributed by atoms with Gasteiger partial charge in [-0.3, -0.25) is 9.59 Å². The Morgan fingerprint density at radius 2 is 1.20 bits per heavy atom. The fourth-order valence-electron chi connectivity index (χ4n) is 9.90. The molecule has 0 spiro atoms. The number of carbonyl (C=O) groups excluding carboxylic acids is 3. The summed E-state index contributed by atoms with van der Waals surface area (Å²) in [5, 5.41) is 4.95. The number of piperidine rings is 2. The van der Waals surface area contributed by atoms with Crippen LogP contribution in [0.5, 0.6) is 11.5 Å². The monoisotopic (exact) mass is 942 g/mol. The molecular weight excluding hydrogens is 881 g/mol. The fourth-order valence-corrected chi connectivity index (χ4v) is 9.90. The van der Waals surface area contributed by atoms with E-state index >= 15 is 0 Å². The van der Waals surface area contributed by atoms with Gasteiger partial charge in [0.1, 0.15) is 28.1 Å². The van der Waals surface area contributed by atoms with Crippen molar-refractivity contribution < 1.29 is 37.4 Å². The van der Waals surface area contributed by atoms with Crippen LogP contribution in [0.2, 0.25) is 0 Å². The summed E-state index contributed by atoms with van der Waals surface area (Å²) in [5.41, 5.74) is 13.2. The van der Waals surface area contributed by atoms with Crippen molar-refractivity contribution in [1.82, 2.24) is 43.4 Å². The number of alkyl carbamates (subject to hydrolysis) is 1. The molecule has 2 aliphatic rings. The second-order valence-corrected chi connectivity index (χ2v) is 18.9. The number of aromatic nitrogens is 6. The van der Waals surface area contributed by atoms with Gasteiger partial charge in [0.25, 0.3) is 11.8 Å². The van der Waals surface area contributed by atoms with Crippen LogP contribution < -0.4 is 20.5 Å². The van der Waals surface area contributed by atoms with E-state index in [1.807, 2.05) is 73.2 Å². The molecule has 18 heteroatoms. The number of hydrogen-bond acceptors (Lipinski definition) is 11. The van der Waals surface area contributed by atoms with E-state index in [9.17, 15) is 14.4 Å². The highest BCUT2D eigenvalue weighted by Gasteiger charge is 2.30. The molecule has 0 aliphatic carbocycles. The number of nitrogens with one attached hydrogen (secondary N) is 1. The van der Waals surface area contributed by atoms with Gasteiger partial charge in [-0.05, 0) is 109 Å². The number of methoxy groups -OCH3 is 2. The molecule has 0 unspecified atom stereocenters. The van der Waals surface area contributed by atoms with E-state index < -0.39 is 11.7 Å². The lowest BCUT2D eigenvalue weighted by Gasteiger charge is -2.33. The maximum atomic E-state index is 13.6. The molecule has 8 aromatic rings. The number of amides is 3. The van der Waals surface area contributed by atoms with E-state index in [-0.39, 0.29) is 23.9 Å². The van der Waals surface area contributed by atoms with E-state index in [4.69, 9.17) is 38.7 Å². The number of benzene rings is 2. The minimum atomic E-state index is -0.579. The van der Waals surface area contributed by atoms with Crippen molar-refractivity contribution in [3.8, 4) is 34.5 Å². The van der Waals surface area contributed by atoms with Crippen molar-refractivity contribution in [2.75, 3.05) is 40.4 Å². The summed E-state index contributed by atoms with van der Waals surface area (Å²) < 4.78 is 36.3. The number of imidazole rings is 2. The number of carbonyl (C=O) groups is 3. The quantitative estimate of drug-likeness (QED) is 0.141. The predicted molar refractivity (Wildman–Crippen MR) is 264 cm³/mol. The molecule has 0 saturated carbocycles. The summed E-state index contributed by atoms with van der Waals surface area (Å²) in [6.07, 6.45) is 6.37. The number of fused-ring (bicyclic) bond motifs is 4. The minimum absolute atomic E-state index is 0.0306. The minimum Gasteiger partial charge on any atom is -0.494 e. The van der Waals surface area contributed by atoms with E-state index in [2.05, 4.69) is 40.4 Å². The number of likely N-dealkylation sites (tertiary alicyclic amines) is 2. The van der Waals surface area contributed by atoms with E-state index in [1.165, 1.54) is 0 Å². The molecule has 18 nitrogen and oxygen atoms in total. The highest BCUT2D eigenvalue weighted by atomic mass is 16.6. The van der Waals surface area contributed by atoms with Crippen LogP contribution in [0.15, 0.2) is 69.9 Å². The molecule has 3 amide bonds. The van der Waals surface area contributed by atoms with Gasteiger partial charge in [-0.2, -0.15) is 0 Å². The average Bonchev–Trinajstić information content (AvgIpc) is 4.19. The molecule has 2 fully saturated rings. The zero-order valence-electron chi connectivity index (χ0n) is 40.9. The first-order valence-corrected chi connectivity index (χ1v) is 23.7. The molecule has 2 atom stereocenters. The Labute approximate surface area is 399 Å². The summed E-state index contributed by atoms with van der Waals surface area (Å²) >= 11 is 0. The number of hydrogen-bond donors (Lipinski definition) is 2. The van der Waals surface area contributed by atoms with Gasteiger partial charge < -0.3 is 62.2 Å². The molecule has 6 aromatic heterocycles. The summed E-state index contributed by atoms with van der Waals surface area (Å²) in [7, 11) is 7.13. The van der Waals surface area contributed by atoms with E-state index in [0.717, 1.165) is 107 Å². The summed E-state index contributed by atoms with van der Waals surface area (Å²) in [6, 6.07) is 15.1. The molecular formula is C51H62N10O8. The maximum absolute atomic E-state index is 13.6. The third kappa shape index (κ3) is 8.88. The van der Waals surface area contributed by atoms with Crippen LogP contribution in [0.1, 0.15) is 81.0 Å². The highest BCUT2D eigenvalue weighted by molar-refractivity contribution is 6.01. The average molecular weight is 943 g/mol. The molecule has 10 rings (SSSR count). The Morgan fingerprint density at radius 1 is 0.725 bits per heavy atom. The smallest absolute Gasteiger partial charge is 0.407 e. The highest BCUT2D eigenvalue weighted by Crippen LogP contribution is 2.37. The Kier molecular flexibility index (Phi) is 12.7. The molecule has 0 radical (unpaired) electrons. The van der Waals surface area contributed by atoms with Crippen LogP contribution >= 0.6 is 0 Å². The molecule has 2 aliphatic heterocycles. The second kappa shape index (κ2) is 18.7. The van der Waals surface area contributed by atoms with Crippen LogP contribution in [0.3, 0.4) is 0 Å². The van der Waals surface area contributed by atoms with E-state index in [0.29, 0.717) is 47.8 Å². The molecule has 0 bridgehead atoms. The Morgan fingerprint density at radius 3 is 1.65 bits per heavy atom. The van der Waals surface area contributed by atoms with Gasteiger partial charge in [0.15, 0.2) is 11.6 Å². The van der Waals surface area contributed by atoms with Gasteiger partial charge >= 0.3 is 6.09 Å². The maximum Gasteiger partial charge on any atom is 0.407 e. The first-order chi connectivity index (χ1) is 33.1. The summed E-state index contributed by atoms with van der Waals surface area (Å²) in [5.74, 6) is 2.61. The molecule has 69 heavy (non-hydrogen) atoms. The standard InChI is InChI=1S/C28H35N5O5.C23H27N5O3/c1-7-33-21(14-17-10-12-37-26(17)33)24-30-20-13-18(15-22(36-6)23(20)31(24)5)25(34)32-11-8-9-19(16-32)29-27(35)38-28(2,3)4;1-4-28-18(11-14-7-9-31-23(14)28)21-25-17-10-15(12-19(30-3)20(17)26(21)2)22(29)27-8-5-6-16(24)13-27/h10,12-15,19H,7-9,11,16H2,1-6H3,(H,29,35);7,9-12,16H,4-6,8,13,24H2,1-3H3/t19-;16-/m11/s1. The normalized spacial score (nSPS) is 16.6. The number of aryl methyl sites for hydroxylation is 4. The molecule has 2 saturated heterocycles. The molecule has 364 valence electrons. The van der Waals surface area contributed by atoms with Crippen molar-refractivity contribution in [3.63, 3.8) is 0 Å². The zero-order valence-corrected chi connectivity index (χ0v) is 40.9. The Hall–Kier alpha value is -7.21. The lowest BCUT2D eigenvalue weighted by molar-refractivity contribution is 0.0452. The third-order valence-corrected chi connectivity index (χ3v) is 13.1. The van der Waals surface area contributed by atoms with Crippen LogP contribution in [-0.4, -0.2) is 114 Å². The number of nitrogens with zero attached hydrogens (tertiary/aromatic N) is 8. The lowest BCUT2D eigenvalue weighted by atomic mass is 10.0. The van der Waals surface area contributed by atoms with Gasteiger partial charge in [0.2, 0.25) is 11.4 Å². The van der Waals surface area contributed by atoms with Crippen molar-refractivity contribution in [3.05, 3.63) is 72.2 Å². The number of rotatable bonds is 9. The van der Waals surface area contributed by atoms with Gasteiger partial charge in [0, 0.05) is 87.3 Å². The first kappa shape index (κ1) is 46.9. The van der Waals surface area contributed by atoms with Gasteiger partial charge in [-0.15, -0.1) is 0 Å². The van der Waals surface area contributed by atoms with Crippen molar-refractivity contribution >= 4 is 62.2 Å². The number of nitrogens with two attached hydrogens (primary N) is 1. The largest absolute Gasteiger partial charge is 0.494 e. The van der Waals surface area contributed by atoms with Crippen molar-refractivity contribution in [2.45, 2.75) is 91.1 Å². The second-order valence-electron chi connectivity index (χ2n) is 18.9. The zero-order chi connectivity index (χ0) is 48.9. The topological polar surface area (TPSA) is 195 Å². The summed E-state index contributed by atoms with van der Waals surface area (Å²) in [4.78, 5) is 52.5.